The molecule has 0 bridgehead atoms. The number of ether oxygens (including phenoxy) is 1. The molecule has 7 heteroatoms. The molecule has 0 atom stereocenters. The molecule has 1 aromatic carbocycles. The maximum Gasteiger partial charge on any atom is 0.339 e. The monoisotopic (exact) mass is 400 g/mol. The van der Waals surface area contributed by atoms with E-state index in [1.807, 2.05) is 36.1 Å². The third-order valence-corrected chi connectivity index (χ3v) is 5.80. The number of carbonyl (C=O) groups excluding carboxylic acids is 1. The lowest BCUT2D eigenvalue weighted by Gasteiger charge is -2.31. The third kappa shape index (κ3) is 3.58. The maximum atomic E-state index is 14.8. The van der Waals surface area contributed by atoms with Crippen LogP contribution in [0.25, 0.3) is 5.76 Å². The Morgan fingerprint density at radius 1 is 1.36 bits per heavy atom. The van der Waals surface area contributed by atoms with E-state index in [1.54, 1.807) is 6.92 Å². The molecule has 1 aromatic heterocycles. The first-order valence-corrected chi connectivity index (χ1v) is 10.1. The molecule has 5 nitrogen and oxygen atoms in total. The molecule has 0 saturated heterocycles. The SMILES string of the molecule is CCOC(=O)C1=C(O)c2cc(F)c(Sc3ccc(C)cc3)nc2N(C2CC2)C1. The van der Waals surface area contributed by atoms with Crippen molar-refractivity contribution in [2.75, 3.05) is 18.1 Å². The number of pyridine rings is 1. The molecule has 0 radical (unpaired) electrons. The molecule has 1 aliphatic carbocycles. The van der Waals surface area contributed by atoms with Crippen LogP contribution in [-0.2, 0) is 9.53 Å². The fraction of sp³-hybridized carbons (Fsp3) is 0.333. The lowest BCUT2D eigenvalue weighted by molar-refractivity contribution is -0.138. The van der Waals surface area contributed by atoms with Gasteiger partial charge in [-0.3, -0.25) is 0 Å². The quantitative estimate of drug-likeness (QED) is 0.746. The number of hydrogen-bond donors (Lipinski definition) is 1. The van der Waals surface area contributed by atoms with Gasteiger partial charge >= 0.3 is 5.97 Å². The van der Waals surface area contributed by atoms with Crippen LogP contribution in [0.3, 0.4) is 0 Å². The molecule has 1 aliphatic heterocycles. The Labute approximate surface area is 167 Å². The van der Waals surface area contributed by atoms with Gasteiger partial charge in [0, 0.05) is 10.9 Å². The summed E-state index contributed by atoms with van der Waals surface area (Å²) < 4.78 is 19.8. The number of carbonyl (C=O) groups is 1. The Hall–Kier alpha value is -2.54. The molecule has 1 fully saturated rings. The number of aromatic nitrogens is 1. The number of benzene rings is 1. The zero-order chi connectivity index (χ0) is 19.8. The maximum absolute atomic E-state index is 14.8. The van der Waals surface area contributed by atoms with Crippen LogP contribution in [0.5, 0.6) is 0 Å². The highest BCUT2D eigenvalue weighted by atomic mass is 32.2. The van der Waals surface area contributed by atoms with Gasteiger partial charge in [-0.2, -0.15) is 0 Å². The topological polar surface area (TPSA) is 62.7 Å². The summed E-state index contributed by atoms with van der Waals surface area (Å²) in [4.78, 5) is 19.6. The molecule has 28 heavy (non-hydrogen) atoms. The van der Waals surface area contributed by atoms with E-state index in [1.165, 1.54) is 17.8 Å². The normalized spacial score (nSPS) is 16.2. The van der Waals surface area contributed by atoms with E-state index >= 15 is 0 Å². The van der Waals surface area contributed by atoms with E-state index in [4.69, 9.17) is 4.74 Å². The van der Waals surface area contributed by atoms with E-state index in [-0.39, 0.29) is 41.1 Å². The van der Waals surface area contributed by atoms with Crippen molar-refractivity contribution in [2.24, 2.45) is 0 Å². The zero-order valence-electron chi connectivity index (χ0n) is 15.7. The molecule has 1 saturated carbocycles. The summed E-state index contributed by atoms with van der Waals surface area (Å²) in [6.07, 6.45) is 1.96. The van der Waals surface area contributed by atoms with Crippen molar-refractivity contribution in [3.8, 4) is 0 Å². The summed E-state index contributed by atoms with van der Waals surface area (Å²) >= 11 is 1.24. The Balaban J connectivity index is 1.74. The molecular weight excluding hydrogens is 379 g/mol. The largest absolute Gasteiger partial charge is 0.507 e. The molecule has 0 spiro atoms. The van der Waals surface area contributed by atoms with Gasteiger partial charge in [0.15, 0.2) is 5.82 Å². The molecular formula is C21H21FN2O3S. The van der Waals surface area contributed by atoms with Crippen LogP contribution in [0.4, 0.5) is 10.2 Å². The number of hydrogen-bond acceptors (Lipinski definition) is 6. The van der Waals surface area contributed by atoms with Crippen molar-refractivity contribution < 1.29 is 19.0 Å². The molecule has 0 unspecified atom stereocenters. The first kappa shape index (κ1) is 18.8. The van der Waals surface area contributed by atoms with E-state index in [2.05, 4.69) is 4.98 Å². The molecule has 4 rings (SSSR count). The van der Waals surface area contributed by atoms with E-state index in [9.17, 15) is 14.3 Å². The van der Waals surface area contributed by atoms with Gasteiger partial charge in [-0.15, -0.1) is 0 Å². The van der Waals surface area contributed by atoms with Gasteiger partial charge in [-0.25, -0.2) is 14.2 Å². The van der Waals surface area contributed by atoms with E-state index in [0.717, 1.165) is 23.3 Å². The molecule has 2 aliphatic rings. The number of aryl methyl sites for hydroxylation is 1. The predicted molar refractivity (Wildman–Crippen MR) is 106 cm³/mol. The minimum atomic E-state index is -0.574. The Kier molecular flexibility index (Phi) is 5.02. The second-order valence-electron chi connectivity index (χ2n) is 6.97. The van der Waals surface area contributed by atoms with Crippen molar-refractivity contribution >= 4 is 29.3 Å². The highest BCUT2D eigenvalue weighted by Crippen LogP contribution is 2.42. The molecule has 0 amide bonds. The van der Waals surface area contributed by atoms with Crippen molar-refractivity contribution in [1.82, 2.24) is 4.98 Å². The average Bonchev–Trinajstić information content (AvgIpc) is 3.50. The smallest absolute Gasteiger partial charge is 0.339 e. The number of aliphatic hydroxyl groups excluding tert-OH is 1. The number of aliphatic hydroxyl groups is 1. The van der Waals surface area contributed by atoms with Crippen LogP contribution in [0, 0.1) is 12.7 Å². The number of rotatable bonds is 5. The van der Waals surface area contributed by atoms with Gasteiger partial charge in [0.25, 0.3) is 0 Å². The van der Waals surface area contributed by atoms with Crippen molar-refractivity contribution in [2.45, 2.75) is 42.7 Å². The lowest BCUT2D eigenvalue weighted by atomic mass is 10.0. The number of fused-ring (bicyclic) bond motifs is 1. The summed E-state index contributed by atoms with van der Waals surface area (Å²) in [7, 11) is 0. The summed E-state index contributed by atoms with van der Waals surface area (Å²) in [5.74, 6) is -0.834. The Morgan fingerprint density at radius 2 is 2.07 bits per heavy atom. The van der Waals surface area contributed by atoms with Gasteiger partial charge in [-0.05, 0) is 44.9 Å². The molecule has 146 valence electrons. The second-order valence-corrected chi connectivity index (χ2v) is 8.03. The van der Waals surface area contributed by atoms with Crippen LogP contribution >= 0.6 is 11.8 Å². The highest BCUT2D eigenvalue weighted by Gasteiger charge is 2.38. The fourth-order valence-corrected chi connectivity index (χ4v) is 3.98. The predicted octanol–water partition coefficient (Wildman–Crippen LogP) is 4.49. The number of halogens is 1. The van der Waals surface area contributed by atoms with Gasteiger partial charge in [-0.1, -0.05) is 29.5 Å². The van der Waals surface area contributed by atoms with Gasteiger partial charge in [0.1, 0.15) is 16.6 Å². The number of nitrogens with zero attached hydrogens (tertiary/aromatic N) is 2. The number of esters is 1. The zero-order valence-corrected chi connectivity index (χ0v) is 16.6. The van der Waals surface area contributed by atoms with Gasteiger partial charge in [0.2, 0.25) is 0 Å². The first-order chi connectivity index (χ1) is 13.5. The fourth-order valence-electron chi connectivity index (χ4n) is 3.20. The van der Waals surface area contributed by atoms with E-state index < -0.39 is 11.8 Å². The summed E-state index contributed by atoms with van der Waals surface area (Å²) in [6.45, 7) is 4.14. The van der Waals surface area contributed by atoms with Crippen LogP contribution in [0.15, 0.2) is 45.8 Å². The van der Waals surface area contributed by atoms with Gasteiger partial charge < -0.3 is 14.7 Å². The summed E-state index contributed by atoms with van der Waals surface area (Å²) in [5, 5.41) is 10.9. The summed E-state index contributed by atoms with van der Waals surface area (Å²) in [5.41, 5.74) is 1.53. The Morgan fingerprint density at radius 3 is 2.71 bits per heavy atom. The van der Waals surface area contributed by atoms with Crippen LogP contribution in [0.1, 0.15) is 30.9 Å². The van der Waals surface area contributed by atoms with Crippen molar-refractivity contribution in [3.63, 3.8) is 0 Å². The standard InChI is InChI=1S/C21H21FN2O3S/c1-3-27-21(26)16-11-24(13-6-7-13)19-15(18(16)25)10-17(22)20(23-19)28-14-8-4-12(2)5-9-14/h4-5,8-10,13,25H,3,6-7,11H2,1-2H3. The molecule has 2 heterocycles. The molecule has 1 N–H and O–H groups in total. The highest BCUT2D eigenvalue weighted by molar-refractivity contribution is 7.99. The number of anilines is 1. The second kappa shape index (κ2) is 7.47. The van der Waals surface area contributed by atoms with Crippen molar-refractivity contribution in [3.05, 3.63) is 52.8 Å². The van der Waals surface area contributed by atoms with Crippen LogP contribution in [0.2, 0.25) is 0 Å². The minimum absolute atomic E-state index is 0.154. The van der Waals surface area contributed by atoms with Crippen LogP contribution < -0.4 is 4.90 Å². The van der Waals surface area contributed by atoms with Crippen LogP contribution in [-0.4, -0.2) is 35.3 Å². The van der Waals surface area contributed by atoms with Crippen molar-refractivity contribution in [1.29, 1.82) is 0 Å². The lowest BCUT2D eigenvalue weighted by Crippen LogP contribution is -2.36. The first-order valence-electron chi connectivity index (χ1n) is 9.29. The third-order valence-electron chi connectivity index (χ3n) is 4.81. The minimum Gasteiger partial charge on any atom is -0.507 e. The Bertz CT molecular complexity index is 955. The van der Waals surface area contributed by atoms with E-state index in [0.29, 0.717) is 5.82 Å². The van der Waals surface area contributed by atoms with Gasteiger partial charge in [0.05, 0.1) is 24.3 Å². The average molecular weight is 400 g/mol. The molecule has 2 aromatic rings. The summed E-state index contributed by atoms with van der Waals surface area (Å²) in [6, 6.07) is 9.30.